The molecule has 0 saturated carbocycles. The molecule has 0 aliphatic rings. The van der Waals surface area contributed by atoms with Crippen LogP contribution in [-0.2, 0) is 4.79 Å². The average Bonchev–Trinajstić information content (AvgIpc) is 2.01. The SMILES string of the molecule is CC(C)CC(C)(NC(C)C(C)C)C(=O)O. The van der Waals surface area contributed by atoms with Crippen LogP contribution in [0.2, 0.25) is 0 Å². The highest BCUT2D eigenvalue weighted by molar-refractivity contribution is 5.78. The molecule has 0 bridgehead atoms. The van der Waals surface area contributed by atoms with Crippen LogP contribution in [0.15, 0.2) is 0 Å². The van der Waals surface area contributed by atoms with Crippen LogP contribution in [0.4, 0.5) is 0 Å². The lowest BCUT2D eigenvalue weighted by atomic mass is 9.89. The van der Waals surface area contributed by atoms with Crippen LogP contribution in [0, 0.1) is 11.8 Å². The smallest absolute Gasteiger partial charge is 0.323 e. The number of hydrogen-bond acceptors (Lipinski definition) is 2. The first-order chi connectivity index (χ1) is 6.69. The quantitative estimate of drug-likeness (QED) is 0.715. The molecule has 0 saturated heterocycles. The summed E-state index contributed by atoms with van der Waals surface area (Å²) in [5, 5.41) is 12.5. The van der Waals surface area contributed by atoms with Gasteiger partial charge in [-0.05, 0) is 32.1 Å². The molecule has 0 amide bonds. The lowest BCUT2D eigenvalue weighted by Crippen LogP contribution is -2.55. The third-order valence-electron chi connectivity index (χ3n) is 2.83. The van der Waals surface area contributed by atoms with Crippen LogP contribution in [0.1, 0.15) is 48.0 Å². The molecule has 0 rings (SSSR count). The zero-order chi connectivity index (χ0) is 12.2. The molecule has 0 aliphatic heterocycles. The number of carbonyl (C=O) groups is 1. The molecule has 0 aromatic rings. The lowest BCUT2D eigenvalue weighted by molar-refractivity contribution is -0.145. The van der Waals surface area contributed by atoms with Gasteiger partial charge in [0.25, 0.3) is 0 Å². The van der Waals surface area contributed by atoms with Gasteiger partial charge in [-0.2, -0.15) is 0 Å². The van der Waals surface area contributed by atoms with Crippen molar-refractivity contribution in [1.29, 1.82) is 0 Å². The van der Waals surface area contributed by atoms with Gasteiger partial charge in [0.1, 0.15) is 5.54 Å². The van der Waals surface area contributed by atoms with Gasteiger partial charge in [-0.1, -0.05) is 27.7 Å². The van der Waals surface area contributed by atoms with E-state index in [1.54, 1.807) is 6.92 Å². The van der Waals surface area contributed by atoms with Crippen molar-refractivity contribution in [2.45, 2.75) is 59.5 Å². The first kappa shape index (κ1) is 14.4. The Labute approximate surface area is 93.3 Å². The van der Waals surface area contributed by atoms with Crippen LogP contribution in [0.5, 0.6) is 0 Å². The Bertz CT molecular complexity index is 214. The minimum atomic E-state index is -0.808. The van der Waals surface area contributed by atoms with Crippen molar-refractivity contribution in [1.82, 2.24) is 5.32 Å². The van der Waals surface area contributed by atoms with E-state index in [0.717, 1.165) is 0 Å². The summed E-state index contributed by atoms with van der Waals surface area (Å²) in [5.41, 5.74) is -0.808. The molecule has 0 aromatic carbocycles. The molecule has 0 heterocycles. The number of rotatable bonds is 6. The van der Waals surface area contributed by atoms with Crippen molar-refractivity contribution >= 4 is 5.97 Å². The molecule has 15 heavy (non-hydrogen) atoms. The number of nitrogens with one attached hydrogen (secondary N) is 1. The molecular weight excluding hydrogens is 190 g/mol. The highest BCUT2D eigenvalue weighted by Crippen LogP contribution is 2.19. The fraction of sp³-hybridized carbons (Fsp3) is 0.917. The summed E-state index contributed by atoms with van der Waals surface area (Å²) in [4.78, 5) is 11.3. The molecule has 0 radical (unpaired) electrons. The van der Waals surface area contributed by atoms with Crippen LogP contribution in [0.3, 0.4) is 0 Å². The number of carboxylic acid groups (broad SMARTS) is 1. The second-order valence-electron chi connectivity index (χ2n) is 5.41. The Hall–Kier alpha value is -0.570. The standard InChI is InChI=1S/C12H25NO2/c1-8(2)7-12(6,11(14)15)13-10(5)9(3)4/h8-10,13H,7H2,1-6H3,(H,14,15). The normalized spacial score (nSPS) is 17.9. The summed E-state index contributed by atoms with van der Waals surface area (Å²) < 4.78 is 0. The van der Waals surface area contributed by atoms with Gasteiger partial charge in [0, 0.05) is 6.04 Å². The van der Waals surface area contributed by atoms with Crippen molar-refractivity contribution in [3.63, 3.8) is 0 Å². The topological polar surface area (TPSA) is 49.3 Å². The van der Waals surface area contributed by atoms with Crippen molar-refractivity contribution in [2.75, 3.05) is 0 Å². The zero-order valence-electron chi connectivity index (χ0n) is 10.8. The molecule has 0 spiro atoms. The van der Waals surface area contributed by atoms with Crippen LogP contribution < -0.4 is 5.32 Å². The van der Waals surface area contributed by atoms with E-state index in [-0.39, 0.29) is 6.04 Å². The molecule has 3 heteroatoms. The summed E-state index contributed by atoms with van der Waals surface area (Å²) >= 11 is 0. The highest BCUT2D eigenvalue weighted by atomic mass is 16.4. The van der Waals surface area contributed by atoms with E-state index in [9.17, 15) is 9.90 Å². The summed E-state index contributed by atoms with van der Waals surface area (Å²) in [7, 11) is 0. The monoisotopic (exact) mass is 215 g/mol. The van der Waals surface area contributed by atoms with E-state index in [4.69, 9.17) is 0 Å². The van der Waals surface area contributed by atoms with Gasteiger partial charge < -0.3 is 5.11 Å². The third-order valence-corrected chi connectivity index (χ3v) is 2.83. The van der Waals surface area contributed by atoms with Crippen molar-refractivity contribution < 1.29 is 9.90 Å². The van der Waals surface area contributed by atoms with E-state index in [1.165, 1.54) is 0 Å². The number of carboxylic acids is 1. The fourth-order valence-corrected chi connectivity index (χ4v) is 1.69. The summed E-state index contributed by atoms with van der Waals surface area (Å²) in [6.07, 6.45) is 0.652. The van der Waals surface area contributed by atoms with Crippen molar-refractivity contribution in [3.05, 3.63) is 0 Å². The largest absolute Gasteiger partial charge is 0.480 e. The van der Waals surface area contributed by atoms with Crippen molar-refractivity contribution in [2.24, 2.45) is 11.8 Å². The van der Waals surface area contributed by atoms with Crippen LogP contribution >= 0.6 is 0 Å². The second kappa shape index (κ2) is 5.50. The molecular formula is C12H25NO2. The predicted molar refractivity (Wildman–Crippen MR) is 62.9 cm³/mol. The van der Waals surface area contributed by atoms with Gasteiger partial charge in [0.05, 0.1) is 0 Å². The summed E-state index contributed by atoms with van der Waals surface area (Å²) in [6, 6.07) is 0.213. The van der Waals surface area contributed by atoms with Gasteiger partial charge in [0.15, 0.2) is 0 Å². The lowest BCUT2D eigenvalue weighted by Gasteiger charge is -2.33. The molecule has 3 nitrogen and oxygen atoms in total. The summed E-state index contributed by atoms with van der Waals surface area (Å²) in [5.74, 6) is 0.0532. The zero-order valence-corrected chi connectivity index (χ0v) is 10.8. The Balaban J connectivity index is 4.58. The minimum Gasteiger partial charge on any atom is -0.480 e. The maximum Gasteiger partial charge on any atom is 0.323 e. The Morgan fingerprint density at radius 1 is 1.27 bits per heavy atom. The maximum absolute atomic E-state index is 11.3. The Morgan fingerprint density at radius 2 is 1.73 bits per heavy atom. The van der Waals surface area contributed by atoms with Crippen LogP contribution in [0.25, 0.3) is 0 Å². The van der Waals surface area contributed by atoms with Crippen LogP contribution in [-0.4, -0.2) is 22.7 Å². The van der Waals surface area contributed by atoms with Gasteiger partial charge >= 0.3 is 5.97 Å². The number of hydrogen-bond donors (Lipinski definition) is 2. The first-order valence-corrected chi connectivity index (χ1v) is 5.70. The third kappa shape index (κ3) is 4.65. The summed E-state index contributed by atoms with van der Waals surface area (Å²) in [6.45, 7) is 12.1. The molecule has 2 unspecified atom stereocenters. The highest BCUT2D eigenvalue weighted by Gasteiger charge is 2.35. The van der Waals surface area contributed by atoms with Gasteiger partial charge in [0.2, 0.25) is 0 Å². The molecule has 2 N–H and O–H groups in total. The number of aliphatic carboxylic acids is 1. The van der Waals surface area contributed by atoms with E-state index in [0.29, 0.717) is 18.3 Å². The molecule has 0 aliphatic carbocycles. The van der Waals surface area contributed by atoms with E-state index >= 15 is 0 Å². The van der Waals surface area contributed by atoms with Gasteiger partial charge in [-0.25, -0.2) is 0 Å². The maximum atomic E-state index is 11.3. The molecule has 90 valence electrons. The fourth-order valence-electron chi connectivity index (χ4n) is 1.69. The minimum absolute atomic E-state index is 0.213. The first-order valence-electron chi connectivity index (χ1n) is 5.70. The molecule has 2 atom stereocenters. The Morgan fingerprint density at radius 3 is 2.00 bits per heavy atom. The second-order valence-corrected chi connectivity index (χ2v) is 5.41. The molecule has 0 aromatic heterocycles. The van der Waals surface area contributed by atoms with E-state index in [2.05, 4.69) is 19.2 Å². The van der Waals surface area contributed by atoms with E-state index < -0.39 is 11.5 Å². The Kier molecular flexibility index (Phi) is 5.29. The molecule has 0 fully saturated rings. The van der Waals surface area contributed by atoms with E-state index in [1.807, 2.05) is 20.8 Å². The van der Waals surface area contributed by atoms with Gasteiger partial charge in [-0.15, -0.1) is 0 Å². The van der Waals surface area contributed by atoms with Crippen molar-refractivity contribution in [3.8, 4) is 0 Å². The van der Waals surface area contributed by atoms with Gasteiger partial charge in [-0.3, -0.25) is 10.1 Å². The average molecular weight is 215 g/mol. The predicted octanol–water partition coefficient (Wildman–Crippen LogP) is 2.51.